The van der Waals surface area contributed by atoms with Crippen LogP contribution in [0.2, 0.25) is 0 Å². The fourth-order valence-electron chi connectivity index (χ4n) is 5.48. The minimum Gasteiger partial charge on any atom is -0.496 e. The van der Waals surface area contributed by atoms with Gasteiger partial charge in [-0.1, -0.05) is 26.0 Å². The van der Waals surface area contributed by atoms with Crippen molar-refractivity contribution in [2.24, 2.45) is 0 Å². The number of ether oxygens (including phenoxy) is 1. The highest BCUT2D eigenvalue weighted by Crippen LogP contribution is 2.51. The first-order valence-electron chi connectivity index (χ1n) is 10.6. The van der Waals surface area contributed by atoms with Gasteiger partial charge in [0.1, 0.15) is 5.75 Å². The maximum atomic E-state index is 11.6. The SMILES string of the molecule is COc1cc(C(C)C)ccc1-c1cc2c3c(c1)[C@H]1CN(C(=O)O)CC[C@H]1N3CC2. The van der Waals surface area contributed by atoms with Crippen LogP contribution in [0.5, 0.6) is 5.75 Å². The smallest absolute Gasteiger partial charge is 0.407 e. The van der Waals surface area contributed by atoms with E-state index in [-0.39, 0.29) is 5.92 Å². The number of benzene rings is 2. The van der Waals surface area contributed by atoms with E-state index in [0.29, 0.717) is 25.0 Å². The van der Waals surface area contributed by atoms with E-state index >= 15 is 0 Å². The topological polar surface area (TPSA) is 53.0 Å². The minimum absolute atomic E-state index is 0.259. The normalized spacial score (nSPS) is 22.1. The molecule has 5 nitrogen and oxygen atoms in total. The van der Waals surface area contributed by atoms with E-state index in [0.717, 1.165) is 30.7 Å². The Morgan fingerprint density at radius 1 is 1.21 bits per heavy atom. The molecule has 1 amide bonds. The Bertz CT molecular complexity index is 984. The Labute approximate surface area is 171 Å². The van der Waals surface area contributed by atoms with Crippen LogP contribution in [0.3, 0.4) is 0 Å². The second-order valence-corrected chi connectivity index (χ2v) is 8.82. The fraction of sp³-hybridized carbons (Fsp3) is 0.458. The van der Waals surface area contributed by atoms with Gasteiger partial charge in [-0.3, -0.25) is 0 Å². The molecule has 0 unspecified atom stereocenters. The van der Waals surface area contributed by atoms with Crippen molar-refractivity contribution in [3.63, 3.8) is 0 Å². The zero-order chi connectivity index (χ0) is 20.3. The third-order valence-electron chi connectivity index (χ3n) is 6.98. The van der Waals surface area contributed by atoms with Crippen molar-refractivity contribution in [2.45, 2.75) is 44.6 Å². The predicted molar refractivity (Wildman–Crippen MR) is 114 cm³/mol. The van der Waals surface area contributed by atoms with Crippen molar-refractivity contribution in [3.8, 4) is 16.9 Å². The van der Waals surface area contributed by atoms with Crippen LogP contribution in [-0.2, 0) is 6.42 Å². The summed E-state index contributed by atoms with van der Waals surface area (Å²) >= 11 is 0. The summed E-state index contributed by atoms with van der Waals surface area (Å²) in [6.07, 6.45) is 1.17. The third-order valence-corrected chi connectivity index (χ3v) is 6.98. The Balaban J connectivity index is 1.60. The molecule has 3 aliphatic heterocycles. The molecule has 0 radical (unpaired) electrons. The number of likely N-dealkylation sites (tertiary alicyclic amines) is 1. The maximum absolute atomic E-state index is 11.6. The highest BCUT2D eigenvalue weighted by molar-refractivity contribution is 5.80. The van der Waals surface area contributed by atoms with Crippen LogP contribution in [0.15, 0.2) is 30.3 Å². The summed E-state index contributed by atoms with van der Waals surface area (Å²) in [6.45, 7) is 6.65. The first-order chi connectivity index (χ1) is 14.0. The molecule has 0 aliphatic carbocycles. The standard InChI is InChI=1S/C24H28N2O3/c1-14(2)15-4-5-18(22(12-15)29-3)17-10-16-6-9-26-21-7-8-25(24(27)28)13-20(21)19(11-17)23(16)26/h4-5,10-12,14,20-21H,6-9,13H2,1-3H3,(H,27,28)/t20-,21-/m1/s1. The van der Waals surface area contributed by atoms with Gasteiger partial charge in [0.2, 0.25) is 0 Å². The lowest BCUT2D eigenvalue weighted by Gasteiger charge is -2.37. The van der Waals surface area contributed by atoms with Gasteiger partial charge in [0.15, 0.2) is 0 Å². The summed E-state index contributed by atoms with van der Waals surface area (Å²) in [5.74, 6) is 1.62. The molecule has 0 aromatic heterocycles. The zero-order valence-corrected chi connectivity index (χ0v) is 17.3. The Morgan fingerprint density at radius 2 is 2.03 bits per heavy atom. The molecule has 3 aliphatic rings. The monoisotopic (exact) mass is 392 g/mol. The van der Waals surface area contributed by atoms with Crippen LogP contribution < -0.4 is 9.64 Å². The number of methoxy groups -OCH3 is 1. The van der Waals surface area contributed by atoms with E-state index in [1.54, 1.807) is 12.0 Å². The van der Waals surface area contributed by atoms with E-state index in [2.05, 4.69) is 49.1 Å². The lowest BCUT2D eigenvalue weighted by atomic mass is 9.86. The molecule has 29 heavy (non-hydrogen) atoms. The van der Waals surface area contributed by atoms with Gasteiger partial charge in [0, 0.05) is 42.8 Å². The fourth-order valence-corrected chi connectivity index (χ4v) is 5.48. The molecule has 2 atom stereocenters. The number of hydrogen-bond acceptors (Lipinski definition) is 3. The van der Waals surface area contributed by atoms with E-state index in [1.165, 1.54) is 27.9 Å². The number of rotatable bonds is 3. The van der Waals surface area contributed by atoms with Gasteiger partial charge in [-0.05, 0) is 59.2 Å². The summed E-state index contributed by atoms with van der Waals surface area (Å²) in [5.41, 5.74) is 7.65. The van der Waals surface area contributed by atoms with Crippen molar-refractivity contribution < 1.29 is 14.6 Å². The lowest BCUT2D eigenvalue weighted by Crippen LogP contribution is -2.47. The molecule has 5 heteroatoms. The number of carboxylic acid groups (broad SMARTS) is 1. The number of piperidine rings is 1. The van der Waals surface area contributed by atoms with Crippen LogP contribution in [0.4, 0.5) is 10.5 Å². The van der Waals surface area contributed by atoms with Gasteiger partial charge in [0.05, 0.1) is 7.11 Å². The molecule has 1 N–H and O–H groups in total. The lowest BCUT2D eigenvalue weighted by molar-refractivity contribution is 0.127. The third kappa shape index (κ3) is 2.78. The van der Waals surface area contributed by atoms with Crippen molar-refractivity contribution >= 4 is 11.8 Å². The highest BCUT2D eigenvalue weighted by atomic mass is 16.5. The summed E-state index contributed by atoms with van der Waals surface area (Å²) in [5, 5.41) is 9.51. The van der Waals surface area contributed by atoms with Crippen LogP contribution in [0, 0.1) is 0 Å². The largest absolute Gasteiger partial charge is 0.496 e. The van der Waals surface area contributed by atoms with E-state index in [9.17, 15) is 9.90 Å². The molecule has 5 rings (SSSR count). The van der Waals surface area contributed by atoms with Gasteiger partial charge in [-0.25, -0.2) is 4.79 Å². The molecule has 152 valence electrons. The van der Waals surface area contributed by atoms with Crippen molar-refractivity contribution in [3.05, 3.63) is 47.0 Å². The number of hydrogen-bond donors (Lipinski definition) is 1. The van der Waals surface area contributed by atoms with Gasteiger partial charge in [0.25, 0.3) is 0 Å². The second kappa shape index (κ2) is 6.68. The van der Waals surface area contributed by atoms with Crippen molar-refractivity contribution in [1.29, 1.82) is 0 Å². The van der Waals surface area contributed by atoms with Gasteiger partial charge < -0.3 is 19.6 Å². The average molecular weight is 392 g/mol. The number of carbonyl (C=O) groups is 1. The second-order valence-electron chi connectivity index (χ2n) is 8.82. The Morgan fingerprint density at radius 3 is 2.76 bits per heavy atom. The summed E-state index contributed by atoms with van der Waals surface area (Å²) in [4.78, 5) is 15.7. The van der Waals surface area contributed by atoms with Crippen molar-refractivity contribution in [1.82, 2.24) is 4.90 Å². The Hall–Kier alpha value is -2.69. The molecule has 3 heterocycles. The zero-order valence-electron chi connectivity index (χ0n) is 17.3. The van der Waals surface area contributed by atoms with E-state index in [4.69, 9.17) is 4.74 Å². The maximum Gasteiger partial charge on any atom is 0.407 e. The predicted octanol–water partition coefficient (Wildman–Crippen LogP) is 4.70. The molecular formula is C24H28N2O3. The minimum atomic E-state index is -0.803. The molecule has 0 saturated carbocycles. The van der Waals surface area contributed by atoms with Crippen molar-refractivity contribution in [2.75, 3.05) is 31.6 Å². The quantitative estimate of drug-likeness (QED) is 0.823. The summed E-state index contributed by atoms with van der Waals surface area (Å²) in [6, 6.07) is 11.6. The van der Waals surface area contributed by atoms with Gasteiger partial charge >= 0.3 is 6.09 Å². The molecule has 1 saturated heterocycles. The molecule has 0 spiro atoms. The number of anilines is 1. The Kier molecular flexibility index (Phi) is 4.23. The first kappa shape index (κ1) is 18.3. The molecule has 2 aromatic rings. The molecular weight excluding hydrogens is 364 g/mol. The van der Waals surface area contributed by atoms with Crippen LogP contribution in [-0.4, -0.2) is 48.9 Å². The van der Waals surface area contributed by atoms with Crippen LogP contribution in [0.25, 0.3) is 11.1 Å². The number of fused-ring (bicyclic) bond motifs is 3. The van der Waals surface area contributed by atoms with E-state index in [1.807, 2.05) is 0 Å². The summed E-state index contributed by atoms with van der Waals surface area (Å²) in [7, 11) is 1.74. The molecule has 0 bridgehead atoms. The highest BCUT2D eigenvalue weighted by Gasteiger charge is 2.45. The van der Waals surface area contributed by atoms with Crippen LogP contribution in [0.1, 0.15) is 48.8 Å². The first-order valence-corrected chi connectivity index (χ1v) is 10.6. The van der Waals surface area contributed by atoms with Crippen LogP contribution >= 0.6 is 0 Å². The van der Waals surface area contributed by atoms with Gasteiger partial charge in [-0.15, -0.1) is 0 Å². The number of amides is 1. The molecule has 2 aromatic carbocycles. The van der Waals surface area contributed by atoms with Gasteiger partial charge in [-0.2, -0.15) is 0 Å². The van der Waals surface area contributed by atoms with E-state index < -0.39 is 6.09 Å². The molecule has 1 fully saturated rings. The average Bonchev–Trinajstić information content (AvgIpc) is 3.29. The summed E-state index contributed by atoms with van der Waals surface area (Å²) < 4.78 is 5.75. The number of nitrogens with zero attached hydrogens (tertiary/aromatic N) is 2.